The maximum atomic E-state index is 14.0. The number of benzene rings is 2. The van der Waals surface area contributed by atoms with Crippen LogP contribution in [0.4, 0.5) is 0 Å². The summed E-state index contributed by atoms with van der Waals surface area (Å²) in [5.74, 6) is -3.61. The Morgan fingerprint density at radius 3 is 2.06 bits per heavy atom. The van der Waals surface area contributed by atoms with Crippen molar-refractivity contribution in [2.24, 2.45) is 23.5 Å². The average molecular weight is 663 g/mol. The third-order valence-corrected chi connectivity index (χ3v) is 9.11. The van der Waals surface area contributed by atoms with Crippen LogP contribution in [0.3, 0.4) is 0 Å². The van der Waals surface area contributed by atoms with E-state index in [4.69, 9.17) is 5.73 Å². The highest BCUT2D eigenvalue weighted by Crippen LogP contribution is 2.26. The van der Waals surface area contributed by atoms with Gasteiger partial charge in [0.1, 0.15) is 6.04 Å². The summed E-state index contributed by atoms with van der Waals surface area (Å²) in [4.78, 5) is 68.3. The van der Waals surface area contributed by atoms with Gasteiger partial charge < -0.3 is 26.4 Å². The van der Waals surface area contributed by atoms with E-state index in [1.165, 1.54) is 4.90 Å². The van der Waals surface area contributed by atoms with Crippen LogP contribution in [0.25, 0.3) is 0 Å². The van der Waals surface area contributed by atoms with E-state index in [1.807, 2.05) is 81.6 Å². The molecule has 262 valence electrons. The van der Waals surface area contributed by atoms with Crippen LogP contribution >= 0.6 is 0 Å². The lowest BCUT2D eigenvalue weighted by atomic mass is 9.87. The van der Waals surface area contributed by atoms with Crippen molar-refractivity contribution < 1.29 is 29.1 Å². The molecule has 0 aliphatic carbocycles. The predicted octanol–water partition coefficient (Wildman–Crippen LogP) is 3.95. The van der Waals surface area contributed by atoms with E-state index in [1.54, 1.807) is 0 Å². The number of nitrogens with one attached hydrogen (secondary N) is 2. The lowest BCUT2D eigenvalue weighted by Gasteiger charge is -2.28. The van der Waals surface area contributed by atoms with Crippen LogP contribution in [0.15, 0.2) is 60.7 Å². The number of carbonyl (C=O) groups is 5. The summed E-state index contributed by atoms with van der Waals surface area (Å²) in [7, 11) is 1.85. The van der Waals surface area contributed by atoms with Crippen molar-refractivity contribution in [2.45, 2.75) is 96.2 Å². The molecule has 0 radical (unpaired) electrons. The van der Waals surface area contributed by atoms with E-state index in [-0.39, 0.29) is 36.2 Å². The smallest absolute Gasteiger partial charge is 0.326 e. The van der Waals surface area contributed by atoms with E-state index in [9.17, 15) is 29.1 Å². The molecule has 5 N–H and O–H groups in total. The second kappa shape index (κ2) is 19.8. The van der Waals surface area contributed by atoms with Crippen molar-refractivity contribution in [3.63, 3.8) is 0 Å². The molecule has 1 fully saturated rings. The first-order valence-electron chi connectivity index (χ1n) is 17.4. The van der Waals surface area contributed by atoms with Gasteiger partial charge in [0.25, 0.3) is 0 Å². The molecule has 1 heterocycles. The Morgan fingerprint density at radius 2 is 1.48 bits per heavy atom. The number of aliphatic carboxylic acids is 1. The number of ketones is 2. The number of nitrogens with zero attached hydrogens (tertiary/aromatic N) is 1. The number of hydrogen-bond acceptors (Lipinski definition) is 7. The predicted molar refractivity (Wildman–Crippen MR) is 186 cm³/mol. The molecule has 1 aliphatic rings. The Hall–Kier alpha value is -3.89. The topological polar surface area (TPSA) is 159 Å². The maximum Gasteiger partial charge on any atom is 0.326 e. The van der Waals surface area contributed by atoms with Crippen molar-refractivity contribution in [3.05, 3.63) is 71.8 Å². The van der Waals surface area contributed by atoms with Gasteiger partial charge in [0.15, 0.2) is 11.6 Å². The molecule has 0 bridgehead atoms. The number of nitrogens with two attached hydrogens (primary N) is 1. The summed E-state index contributed by atoms with van der Waals surface area (Å²) in [6, 6.07) is 16.4. The number of carboxylic acid groups (broad SMARTS) is 1. The fourth-order valence-corrected chi connectivity index (χ4v) is 6.48. The summed E-state index contributed by atoms with van der Waals surface area (Å²) in [5, 5.41) is 15.8. The molecule has 10 nitrogen and oxygen atoms in total. The van der Waals surface area contributed by atoms with Gasteiger partial charge in [-0.2, -0.15) is 0 Å². The molecule has 5 atom stereocenters. The van der Waals surface area contributed by atoms with Crippen LogP contribution < -0.4 is 16.4 Å². The Morgan fingerprint density at radius 1 is 0.875 bits per heavy atom. The third kappa shape index (κ3) is 12.3. The van der Waals surface area contributed by atoms with E-state index in [2.05, 4.69) is 10.6 Å². The van der Waals surface area contributed by atoms with Crippen LogP contribution in [0.2, 0.25) is 0 Å². The zero-order chi connectivity index (χ0) is 35.1. The first-order valence-corrected chi connectivity index (χ1v) is 17.4. The standard InChI is InChI=1S/C38H54N4O6/c1-26(2)21-32(35(44)24-29(17-10-11-19-40-3)37(46)42-20-12-18-33(42)38(47)48)41-36(45)30(22-27-13-6-4-7-14-27)25-34(43)31(39)23-28-15-8-5-9-16-28/h4-9,13-16,26,29-33,40H,10-12,17-25,39H2,1-3H3,(H,41,45)(H,47,48)/t29-,30-,31+,32+,33-/m0/s1. The summed E-state index contributed by atoms with van der Waals surface area (Å²) >= 11 is 0. The molecule has 1 aliphatic heterocycles. The normalized spacial score (nSPS) is 17.0. The van der Waals surface area contributed by atoms with Crippen molar-refractivity contribution in [3.8, 4) is 0 Å². The minimum atomic E-state index is -1.03. The Balaban J connectivity index is 1.79. The van der Waals surface area contributed by atoms with Gasteiger partial charge in [-0.1, -0.05) is 80.9 Å². The average Bonchev–Trinajstić information content (AvgIpc) is 3.56. The number of carboxylic acids is 1. The quantitative estimate of drug-likeness (QED) is 0.146. The molecule has 2 aromatic carbocycles. The molecule has 0 aromatic heterocycles. The monoisotopic (exact) mass is 662 g/mol. The summed E-state index contributed by atoms with van der Waals surface area (Å²) in [5.41, 5.74) is 8.14. The fraction of sp³-hybridized carbons (Fsp3) is 0.553. The molecule has 48 heavy (non-hydrogen) atoms. The molecule has 2 aromatic rings. The molecular weight excluding hydrogens is 608 g/mol. The summed E-state index contributed by atoms with van der Waals surface area (Å²) in [6.45, 7) is 5.04. The molecular formula is C38H54N4O6. The Bertz CT molecular complexity index is 1340. The highest BCUT2D eigenvalue weighted by atomic mass is 16.4. The lowest BCUT2D eigenvalue weighted by Crippen LogP contribution is -2.48. The Labute approximate surface area is 285 Å². The molecule has 0 saturated carbocycles. The van der Waals surface area contributed by atoms with Crippen LogP contribution in [0.1, 0.15) is 76.3 Å². The summed E-state index contributed by atoms with van der Waals surface area (Å²) in [6.07, 6.45) is 3.81. The number of Topliss-reactive ketones (excluding diaryl/α,β-unsaturated/α-hetero) is 2. The van der Waals surface area contributed by atoms with Crippen LogP contribution in [0, 0.1) is 17.8 Å². The zero-order valence-corrected chi connectivity index (χ0v) is 28.7. The third-order valence-electron chi connectivity index (χ3n) is 9.11. The minimum absolute atomic E-state index is 0.0625. The van der Waals surface area contributed by atoms with Crippen LogP contribution in [-0.2, 0) is 36.8 Å². The minimum Gasteiger partial charge on any atom is -0.480 e. The second-order valence-electron chi connectivity index (χ2n) is 13.5. The highest BCUT2D eigenvalue weighted by molar-refractivity contribution is 5.95. The van der Waals surface area contributed by atoms with Crippen molar-refractivity contribution in [2.75, 3.05) is 20.1 Å². The molecule has 2 amide bonds. The molecule has 0 spiro atoms. The van der Waals surface area contributed by atoms with Gasteiger partial charge in [-0.3, -0.25) is 19.2 Å². The number of likely N-dealkylation sites (tertiary alicyclic amines) is 1. The van der Waals surface area contributed by atoms with Gasteiger partial charge in [-0.15, -0.1) is 0 Å². The van der Waals surface area contributed by atoms with Crippen LogP contribution in [0.5, 0.6) is 0 Å². The zero-order valence-electron chi connectivity index (χ0n) is 28.7. The fourth-order valence-electron chi connectivity index (χ4n) is 6.48. The number of unbranched alkanes of at least 4 members (excludes halogenated alkanes) is 1. The molecule has 3 rings (SSSR count). The lowest BCUT2D eigenvalue weighted by molar-refractivity contribution is -0.150. The van der Waals surface area contributed by atoms with Gasteiger partial charge in [0.05, 0.1) is 12.1 Å². The number of hydrogen-bond donors (Lipinski definition) is 4. The van der Waals surface area contributed by atoms with Crippen molar-refractivity contribution >= 4 is 29.4 Å². The number of rotatable bonds is 21. The molecule has 1 saturated heterocycles. The molecule has 0 unspecified atom stereocenters. The highest BCUT2D eigenvalue weighted by Gasteiger charge is 2.38. The maximum absolute atomic E-state index is 14.0. The van der Waals surface area contributed by atoms with Gasteiger partial charge in [-0.25, -0.2) is 4.79 Å². The largest absolute Gasteiger partial charge is 0.480 e. The van der Waals surface area contributed by atoms with Gasteiger partial charge in [-0.05, 0) is 75.6 Å². The summed E-state index contributed by atoms with van der Waals surface area (Å²) < 4.78 is 0. The van der Waals surface area contributed by atoms with Crippen LogP contribution in [-0.4, -0.2) is 77.6 Å². The van der Waals surface area contributed by atoms with E-state index < -0.39 is 41.8 Å². The van der Waals surface area contributed by atoms with Gasteiger partial charge in [0, 0.05) is 31.2 Å². The van der Waals surface area contributed by atoms with Gasteiger partial charge in [0.2, 0.25) is 11.8 Å². The Kier molecular flexibility index (Phi) is 15.9. The van der Waals surface area contributed by atoms with E-state index in [0.717, 1.165) is 24.1 Å². The van der Waals surface area contributed by atoms with Crippen molar-refractivity contribution in [1.29, 1.82) is 0 Å². The first kappa shape index (κ1) is 38.6. The van der Waals surface area contributed by atoms with E-state index in [0.29, 0.717) is 51.5 Å². The van der Waals surface area contributed by atoms with Gasteiger partial charge >= 0.3 is 5.97 Å². The number of amides is 2. The first-order chi connectivity index (χ1) is 23.0. The number of carbonyl (C=O) groups excluding carboxylic acids is 4. The SMILES string of the molecule is CNCCCC[C@@H](CC(=O)[C@@H](CC(C)C)NC(=O)[C@H](CC(=O)[C@H](N)Cc1ccccc1)Cc1ccccc1)C(=O)N1CCC[C@H]1C(=O)O. The van der Waals surface area contributed by atoms with E-state index >= 15 is 0 Å². The molecule has 10 heteroatoms. The second-order valence-corrected chi connectivity index (χ2v) is 13.5. The van der Waals surface area contributed by atoms with Crippen molar-refractivity contribution in [1.82, 2.24) is 15.5 Å².